The number of rotatable bonds is 6. The van der Waals surface area contributed by atoms with E-state index in [1.54, 1.807) is 6.92 Å². The van der Waals surface area contributed by atoms with E-state index in [9.17, 15) is 4.79 Å². The van der Waals surface area contributed by atoms with Gasteiger partial charge in [0.1, 0.15) is 6.61 Å². The van der Waals surface area contributed by atoms with Crippen LogP contribution in [0.3, 0.4) is 0 Å². The second-order valence-electron chi connectivity index (χ2n) is 2.94. The fraction of sp³-hybridized carbons (Fsp3) is 0.889. The molecule has 0 amide bonds. The highest BCUT2D eigenvalue weighted by Gasteiger charge is 2.04. The van der Waals surface area contributed by atoms with Crippen LogP contribution in [-0.2, 0) is 9.53 Å². The van der Waals surface area contributed by atoms with Gasteiger partial charge >= 0.3 is 5.97 Å². The predicted octanol–water partition coefficient (Wildman–Crippen LogP) is 1.46. The van der Waals surface area contributed by atoms with Gasteiger partial charge in [-0.2, -0.15) is 0 Å². The maximum Gasteiger partial charge on any atom is 0.305 e. The number of nitrogens with two attached hydrogens (primary N) is 1. The Bertz CT molecular complexity index is 126. The third-order valence-corrected chi connectivity index (χ3v) is 1.68. The summed E-state index contributed by atoms with van der Waals surface area (Å²) in [5.41, 5.74) is 5.69. The molecule has 0 radical (unpaired) electrons. The van der Waals surface area contributed by atoms with Crippen LogP contribution in [0.5, 0.6) is 0 Å². The Morgan fingerprint density at radius 3 is 2.67 bits per heavy atom. The van der Waals surface area contributed by atoms with E-state index in [0.717, 1.165) is 19.3 Å². The Morgan fingerprint density at radius 1 is 1.50 bits per heavy atom. The molecule has 72 valence electrons. The first kappa shape index (κ1) is 11.4. The summed E-state index contributed by atoms with van der Waals surface area (Å²) in [4.78, 5) is 10.7. The summed E-state index contributed by atoms with van der Waals surface area (Å²) < 4.78 is 4.89. The second kappa shape index (κ2) is 7.10. The van der Waals surface area contributed by atoms with Gasteiger partial charge < -0.3 is 10.5 Å². The monoisotopic (exact) mass is 173 g/mol. The normalized spacial score (nSPS) is 12.6. The molecule has 3 heteroatoms. The molecule has 1 atom stereocenters. The highest BCUT2D eigenvalue weighted by Crippen LogP contribution is 1.98. The fourth-order valence-corrected chi connectivity index (χ4v) is 0.852. The molecule has 0 saturated heterocycles. The molecule has 0 aliphatic carbocycles. The molecule has 0 bridgehead atoms. The van der Waals surface area contributed by atoms with Crippen LogP contribution in [0.2, 0.25) is 0 Å². The number of unbranched alkanes of at least 4 members (excludes halogenated alkanes) is 1. The van der Waals surface area contributed by atoms with Crippen molar-refractivity contribution in [1.29, 1.82) is 0 Å². The summed E-state index contributed by atoms with van der Waals surface area (Å²) in [7, 11) is 0. The highest BCUT2D eigenvalue weighted by molar-refractivity contribution is 5.68. The molecule has 1 unspecified atom stereocenters. The van der Waals surface area contributed by atoms with Crippen molar-refractivity contribution in [3.63, 3.8) is 0 Å². The van der Waals surface area contributed by atoms with Gasteiger partial charge in [0.05, 0.1) is 0 Å². The van der Waals surface area contributed by atoms with Gasteiger partial charge in [0, 0.05) is 12.5 Å². The molecule has 3 nitrogen and oxygen atoms in total. The minimum absolute atomic E-state index is 0.0143. The highest BCUT2D eigenvalue weighted by atomic mass is 16.5. The molecule has 12 heavy (non-hydrogen) atoms. The molecule has 0 aliphatic heterocycles. The molecular formula is C9H19NO2. The van der Waals surface area contributed by atoms with Crippen LogP contribution in [0.15, 0.2) is 0 Å². The molecule has 0 fully saturated rings. The van der Waals surface area contributed by atoms with Gasteiger partial charge in [-0.25, -0.2) is 0 Å². The molecule has 0 aromatic carbocycles. The maximum atomic E-state index is 10.7. The Labute approximate surface area is 74.3 Å². The molecule has 0 spiro atoms. The van der Waals surface area contributed by atoms with Gasteiger partial charge in [-0.15, -0.1) is 0 Å². The van der Waals surface area contributed by atoms with Crippen molar-refractivity contribution >= 4 is 5.97 Å². The summed E-state index contributed by atoms with van der Waals surface area (Å²) in [6.07, 6.45) is 3.61. The Hall–Kier alpha value is -0.570. The SMILES string of the molecule is CCCCC(N)COC(=O)CC. The Morgan fingerprint density at radius 2 is 2.17 bits per heavy atom. The number of hydrogen-bond acceptors (Lipinski definition) is 3. The lowest BCUT2D eigenvalue weighted by molar-refractivity contribution is -0.143. The summed E-state index contributed by atoms with van der Waals surface area (Å²) in [6.45, 7) is 4.26. The van der Waals surface area contributed by atoms with E-state index in [1.165, 1.54) is 0 Å². The summed E-state index contributed by atoms with van der Waals surface area (Å²) in [5.74, 6) is -0.165. The van der Waals surface area contributed by atoms with E-state index in [0.29, 0.717) is 13.0 Å². The van der Waals surface area contributed by atoms with E-state index < -0.39 is 0 Å². The lowest BCUT2D eigenvalue weighted by Gasteiger charge is -2.10. The third kappa shape index (κ3) is 6.16. The first-order valence-corrected chi connectivity index (χ1v) is 4.61. The van der Waals surface area contributed by atoms with E-state index in [-0.39, 0.29) is 12.0 Å². The first-order chi connectivity index (χ1) is 5.70. The number of carbonyl (C=O) groups excluding carboxylic acids is 1. The zero-order chi connectivity index (χ0) is 9.40. The number of carbonyl (C=O) groups is 1. The van der Waals surface area contributed by atoms with Crippen LogP contribution in [-0.4, -0.2) is 18.6 Å². The Balaban J connectivity index is 3.30. The van der Waals surface area contributed by atoms with Crippen LogP contribution in [0.4, 0.5) is 0 Å². The van der Waals surface area contributed by atoms with E-state index in [2.05, 4.69) is 6.92 Å². The van der Waals surface area contributed by atoms with E-state index in [1.807, 2.05) is 0 Å². The van der Waals surface area contributed by atoms with Crippen LogP contribution in [0.25, 0.3) is 0 Å². The van der Waals surface area contributed by atoms with Crippen LogP contribution in [0.1, 0.15) is 39.5 Å². The largest absolute Gasteiger partial charge is 0.464 e. The lowest BCUT2D eigenvalue weighted by atomic mass is 10.1. The average molecular weight is 173 g/mol. The van der Waals surface area contributed by atoms with Crippen molar-refractivity contribution in [1.82, 2.24) is 0 Å². The number of esters is 1. The van der Waals surface area contributed by atoms with Crippen molar-refractivity contribution in [2.45, 2.75) is 45.6 Å². The van der Waals surface area contributed by atoms with Crippen LogP contribution < -0.4 is 5.73 Å². The van der Waals surface area contributed by atoms with Crippen molar-refractivity contribution in [2.75, 3.05) is 6.61 Å². The van der Waals surface area contributed by atoms with Gasteiger partial charge in [-0.1, -0.05) is 26.7 Å². The van der Waals surface area contributed by atoms with Crippen molar-refractivity contribution in [2.24, 2.45) is 5.73 Å². The quantitative estimate of drug-likeness (QED) is 0.619. The molecule has 0 rings (SSSR count). The van der Waals surface area contributed by atoms with Gasteiger partial charge in [-0.3, -0.25) is 4.79 Å². The van der Waals surface area contributed by atoms with Gasteiger partial charge in [0.2, 0.25) is 0 Å². The molecule has 0 saturated carbocycles. The molecule has 0 aromatic heterocycles. The average Bonchev–Trinajstić information content (AvgIpc) is 2.10. The molecule has 2 N–H and O–H groups in total. The number of ether oxygens (including phenoxy) is 1. The minimum atomic E-state index is -0.165. The van der Waals surface area contributed by atoms with Crippen LogP contribution >= 0.6 is 0 Å². The molecule has 0 aromatic rings. The van der Waals surface area contributed by atoms with Gasteiger partial charge in [0.25, 0.3) is 0 Å². The van der Waals surface area contributed by atoms with Crippen molar-refractivity contribution in [3.8, 4) is 0 Å². The fourth-order valence-electron chi connectivity index (χ4n) is 0.852. The van der Waals surface area contributed by atoms with E-state index in [4.69, 9.17) is 10.5 Å². The maximum absolute atomic E-state index is 10.7. The standard InChI is InChI=1S/C9H19NO2/c1-3-5-6-8(10)7-12-9(11)4-2/h8H,3-7,10H2,1-2H3. The van der Waals surface area contributed by atoms with Crippen LogP contribution in [0, 0.1) is 0 Å². The summed E-state index contributed by atoms with van der Waals surface area (Å²) in [6, 6.07) is 0.0143. The van der Waals surface area contributed by atoms with Crippen molar-refractivity contribution < 1.29 is 9.53 Å². The Kier molecular flexibility index (Phi) is 6.76. The zero-order valence-corrected chi connectivity index (χ0v) is 8.01. The van der Waals surface area contributed by atoms with Gasteiger partial charge in [-0.05, 0) is 6.42 Å². The molecular weight excluding hydrogens is 154 g/mol. The smallest absolute Gasteiger partial charge is 0.305 e. The van der Waals surface area contributed by atoms with Crippen molar-refractivity contribution in [3.05, 3.63) is 0 Å². The van der Waals surface area contributed by atoms with Gasteiger partial charge in [0.15, 0.2) is 0 Å². The lowest BCUT2D eigenvalue weighted by Crippen LogP contribution is -2.27. The topological polar surface area (TPSA) is 52.3 Å². The van der Waals surface area contributed by atoms with E-state index >= 15 is 0 Å². The first-order valence-electron chi connectivity index (χ1n) is 4.61. The zero-order valence-electron chi connectivity index (χ0n) is 8.01. The predicted molar refractivity (Wildman–Crippen MR) is 48.8 cm³/mol. The molecule has 0 aliphatic rings. The second-order valence-corrected chi connectivity index (χ2v) is 2.94. The number of hydrogen-bond donors (Lipinski definition) is 1. The third-order valence-electron chi connectivity index (χ3n) is 1.68. The molecule has 0 heterocycles. The summed E-state index contributed by atoms with van der Waals surface area (Å²) in [5, 5.41) is 0. The minimum Gasteiger partial charge on any atom is -0.464 e. The summed E-state index contributed by atoms with van der Waals surface area (Å²) >= 11 is 0.